The first-order chi connectivity index (χ1) is 13.8. The summed E-state index contributed by atoms with van der Waals surface area (Å²) in [6, 6.07) is 9.87. The molecule has 0 radical (unpaired) electrons. The van der Waals surface area contributed by atoms with Gasteiger partial charge in [-0.1, -0.05) is 6.07 Å². The van der Waals surface area contributed by atoms with Gasteiger partial charge in [0.15, 0.2) is 11.5 Å². The number of rotatable bonds is 6. The molecule has 0 saturated carbocycles. The molecule has 9 heteroatoms. The number of carbonyl (C=O) groups is 1. The van der Waals surface area contributed by atoms with Crippen LogP contribution in [0.25, 0.3) is 10.6 Å². The van der Waals surface area contributed by atoms with E-state index in [2.05, 4.69) is 10.3 Å². The molecule has 0 aliphatic carbocycles. The van der Waals surface area contributed by atoms with Crippen molar-refractivity contribution in [2.45, 2.75) is 12.6 Å². The Morgan fingerprint density at radius 3 is 2.55 bits per heavy atom. The number of hydrogen-bond acceptors (Lipinski definition) is 5. The molecule has 0 fully saturated rings. The summed E-state index contributed by atoms with van der Waals surface area (Å²) >= 11 is 1.35. The Hall–Kier alpha value is -3.07. The van der Waals surface area contributed by atoms with Crippen LogP contribution >= 0.6 is 11.3 Å². The fourth-order valence-electron chi connectivity index (χ4n) is 2.63. The quantitative estimate of drug-likeness (QED) is 0.606. The molecule has 3 rings (SSSR count). The van der Waals surface area contributed by atoms with Gasteiger partial charge in [-0.2, -0.15) is 13.2 Å². The van der Waals surface area contributed by atoms with Crippen LogP contribution in [0, 0.1) is 0 Å². The third-order valence-electron chi connectivity index (χ3n) is 4.00. The van der Waals surface area contributed by atoms with Gasteiger partial charge in [-0.15, -0.1) is 11.3 Å². The van der Waals surface area contributed by atoms with Crippen LogP contribution in [0.2, 0.25) is 0 Å². The monoisotopic (exact) mass is 422 g/mol. The molecule has 3 aromatic rings. The maximum absolute atomic E-state index is 12.8. The van der Waals surface area contributed by atoms with E-state index in [1.165, 1.54) is 30.6 Å². The second-order valence-corrected chi connectivity index (χ2v) is 6.88. The summed E-state index contributed by atoms with van der Waals surface area (Å²) in [5.74, 6) is 0.700. The first-order valence-corrected chi connectivity index (χ1v) is 9.32. The topological polar surface area (TPSA) is 60.5 Å². The number of hydrogen-bond donors (Lipinski definition) is 1. The number of anilines is 1. The van der Waals surface area contributed by atoms with Gasteiger partial charge < -0.3 is 14.8 Å². The van der Waals surface area contributed by atoms with Crippen LogP contribution in [0.3, 0.4) is 0 Å². The highest BCUT2D eigenvalue weighted by Crippen LogP contribution is 2.34. The summed E-state index contributed by atoms with van der Waals surface area (Å²) in [5, 5.41) is 4.90. The lowest BCUT2D eigenvalue weighted by Crippen LogP contribution is -2.15. The Morgan fingerprint density at radius 1 is 1.10 bits per heavy atom. The number of halogens is 3. The van der Waals surface area contributed by atoms with E-state index in [-0.39, 0.29) is 12.1 Å². The van der Waals surface area contributed by atoms with Crippen molar-refractivity contribution in [3.05, 3.63) is 59.1 Å². The Morgan fingerprint density at radius 2 is 1.86 bits per heavy atom. The largest absolute Gasteiger partial charge is 0.493 e. The Bertz CT molecular complexity index is 1020. The van der Waals surface area contributed by atoms with Crippen LogP contribution in [0.4, 0.5) is 18.9 Å². The fraction of sp³-hybridized carbons (Fsp3) is 0.200. The van der Waals surface area contributed by atoms with Gasteiger partial charge >= 0.3 is 6.18 Å². The summed E-state index contributed by atoms with van der Waals surface area (Å²) in [5.41, 5.74) is 0.585. The maximum Gasteiger partial charge on any atom is 0.416 e. The molecule has 1 aromatic heterocycles. The highest BCUT2D eigenvalue weighted by Gasteiger charge is 2.30. The molecule has 5 nitrogen and oxygen atoms in total. The first-order valence-electron chi connectivity index (χ1n) is 8.44. The minimum absolute atomic E-state index is 0.0555. The molecule has 1 heterocycles. The lowest BCUT2D eigenvalue weighted by Gasteiger charge is -2.09. The molecular weight excluding hydrogens is 405 g/mol. The van der Waals surface area contributed by atoms with E-state index in [1.807, 2.05) is 6.07 Å². The van der Waals surface area contributed by atoms with Crippen LogP contribution in [0.1, 0.15) is 11.3 Å². The van der Waals surface area contributed by atoms with Crippen LogP contribution in [-0.2, 0) is 17.4 Å². The van der Waals surface area contributed by atoms with Crippen molar-refractivity contribution in [1.29, 1.82) is 0 Å². The Kier molecular flexibility index (Phi) is 6.07. The SMILES string of the molecule is COc1ccc(-c2nc(CC(=O)Nc3cccc(C(F)(F)F)c3)cs2)cc1OC. The zero-order valence-corrected chi connectivity index (χ0v) is 16.4. The average Bonchev–Trinajstić information content (AvgIpc) is 3.15. The highest BCUT2D eigenvalue weighted by atomic mass is 32.1. The van der Waals surface area contributed by atoms with E-state index < -0.39 is 17.6 Å². The molecule has 0 atom stereocenters. The van der Waals surface area contributed by atoms with Gasteiger partial charge in [0.05, 0.1) is 31.9 Å². The third kappa shape index (κ3) is 5.05. The number of amides is 1. The lowest BCUT2D eigenvalue weighted by atomic mass is 10.2. The van der Waals surface area contributed by atoms with Gasteiger partial charge in [0.25, 0.3) is 0 Å². The predicted molar refractivity (Wildman–Crippen MR) is 104 cm³/mol. The molecule has 0 aliphatic rings. The van der Waals surface area contributed by atoms with E-state index >= 15 is 0 Å². The molecule has 0 unspecified atom stereocenters. The number of benzene rings is 2. The van der Waals surface area contributed by atoms with Crippen molar-refractivity contribution in [1.82, 2.24) is 4.98 Å². The van der Waals surface area contributed by atoms with Crippen molar-refractivity contribution < 1.29 is 27.4 Å². The summed E-state index contributed by atoms with van der Waals surface area (Å²) in [4.78, 5) is 16.6. The molecule has 1 N–H and O–H groups in total. The van der Waals surface area contributed by atoms with E-state index in [0.29, 0.717) is 22.2 Å². The summed E-state index contributed by atoms with van der Waals surface area (Å²) in [6.45, 7) is 0. The number of thiazole rings is 1. The highest BCUT2D eigenvalue weighted by molar-refractivity contribution is 7.13. The van der Waals surface area contributed by atoms with E-state index in [0.717, 1.165) is 17.7 Å². The molecule has 152 valence electrons. The predicted octanol–water partition coefficient (Wildman–Crippen LogP) is 5.03. The minimum atomic E-state index is -4.47. The van der Waals surface area contributed by atoms with Gasteiger partial charge in [0.2, 0.25) is 5.91 Å². The molecule has 29 heavy (non-hydrogen) atoms. The van der Waals surface area contributed by atoms with Gasteiger partial charge in [-0.25, -0.2) is 4.98 Å². The number of alkyl halides is 3. The van der Waals surface area contributed by atoms with Crippen molar-refractivity contribution in [2.24, 2.45) is 0 Å². The van der Waals surface area contributed by atoms with Gasteiger partial charge in [-0.3, -0.25) is 4.79 Å². The van der Waals surface area contributed by atoms with Crippen LogP contribution in [0.15, 0.2) is 47.8 Å². The zero-order valence-electron chi connectivity index (χ0n) is 15.5. The molecule has 0 bridgehead atoms. The molecule has 1 amide bonds. The number of methoxy groups -OCH3 is 2. The van der Waals surface area contributed by atoms with Gasteiger partial charge in [0.1, 0.15) is 5.01 Å². The Labute approximate surface area is 169 Å². The number of nitrogens with zero attached hydrogens (tertiary/aromatic N) is 1. The van der Waals surface area contributed by atoms with Crippen molar-refractivity contribution in [3.63, 3.8) is 0 Å². The number of carbonyl (C=O) groups excluding carboxylic acids is 1. The van der Waals surface area contributed by atoms with E-state index in [4.69, 9.17) is 9.47 Å². The lowest BCUT2D eigenvalue weighted by molar-refractivity contribution is -0.137. The molecule has 0 spiro atoms. The average molecular weight is 422 g/mol. The zero-order chi connectivity index (χ0) is 21.0. The van der Waals surface area contributed by atoms with Crippen LogP contribution in [-0.4, -0.2) is 25.1 Å². The van der Waals surface area contributed by atoms with Crippen molar-refractivity contribution >= 4 is 22.9 Å². The summed E-state index contributed by atoms with van der Waals surface area (Å²) in [6.07, 6.45) is -4.52. The maximum atomic E-state index is 12.8. The summed E-state index contributed by atoms with van der Waals surface area (Å²) < 4.78 is 48.8. The number of nitrogens with one attached hydrogen (secondary N) is 1. The number of aromatic nitrogens is 1. The minimum Gasteiger partial charge on any atom is -0.493 e. The molecule has 2 aromatic carbocycles. The standard InChI is InChI=1S/C20H17F3N2O3S/c1-27-16-7-6-12(8-17(16)28-2)19-25-15(11-29-19)10-18(26)24-14-5-3-4-13(9-14)20(21,22)23/h3-9,11H,10H2,1-2H3,(H,24,26). The number of ether oxygens (including phenoxy) is 2. The molecular formula is C20H17F3N2O3S. The Balaban J connectivity index is 1.70. The van der Waals surface area contributed by atoms with Crippen LogP contribution in [0.5, 0.6) is 11.5 Å². The van der Waals surface area contributed by atoms with Gasteiger partial charge in [-0.05, 0) is 36.4 Å². The molecule has 0 aliphatic heterocycles. The molecule has 0 saturated heterocycles. The summed E-state index contributed by atoms with van der Waals surface area (Å²) in [7, 11) is 3.08. The van der Waals surface area contributed by atoms with E-state index in [1.54, 1.807) is 24.6 Å². The van der Waals surface area contributed by atoms with E-state index in [9.17, 15) is 18.0 Å². The van der Waals surface area contributed by atoms with Crippen molar-refractivity contribution in [2.75, 3.05) is 19.5 Å². The second-order valence-electron chi connectivity index (χ2n) is 6.02. The fourth-order valence-corrected chi connectivity index (χ4v) is 3.45. The van der Waals surface area contributed by atoms with Crippen LogP contribution < -0.4 is 14.8 Å². The smallest absolute Gasteiger partial charge is 0.416 e. The van der Waals surface area contributed by atoms with Crippen molar-refractivity contribution in [3.8, 4) is 22.1 Å². The first kappa shape index (κ1) is 20.7. The third-order valence-corrected chi connectivity index (χ3v) is 4.94. The normalized spacial score (nSPS) is 11.2. The second kappa shape index (κ2) is 8.52. The van der Waals surface area contributed by atoms with Gasteiger partial charge in [0, 0.05) is 16.6 Å².